The quantitative estimate of drug-likeness (QED) is 0.0288. The molecule has 0 aromatic heterocycles. The number of nitrogens with zero attached hydrogens (tertiary/aromatic N) is 8. The first-order valence-electron chi connectivity index (χ1n) is 28.5. The second-order valence-electron chi connectivity index (χ2n) is 20.3. The first-order chi connectivity index (χ1) is 41.2. The molecule has 4 amide bonds. The minimum atomic E-state index is -1.15. The van der Waals surface area contributed by atoms with E-state index in [1.165, 1.54) is 0 Å². The largest absolute Gasteiger partial charge is 1.00 e. The van der Waals surface area contributed by atoms with Crippen LogP contribution in [-0.4, -0.2) is 144 Å². The number of benzene rings is 4. The van der Waals surface area contributed by atoms with Crippen LogP contribution in [0, 0.1) is 0 Å². The molecule has 0 saturated carbocycles. The van der Waals surface area contributed by atoms with Crippen LogP contribution in [0.25, 0.3) is 0 Å². The van der Waals surface area contributed by atoms with Gasteiger partial charge in [0.15, 0.2) is 0 Å². The van der Waals surface area contributed by atoms with Gasteiger partial charge in [-0.15, -0.1) is 0 Å². The third-order valence-corrected chi connectivity index (χ3v) is 13.7. The molecule has 0 atom stereocenters. The van der Waals surface area contributed by atoms with Gasteiger partial charge in [-0.2, -0.15) is 0 Å². The SMILES string of the molecule is O=C(O)CCC([O-])=NCCC(=O)N1CCCCN(C(=O)CCN=C([O-])CCC(=O)O)c2ccc(cc2)Cc2ccc(cc2)N(C(=O)CCN=C([O-])CCC(=O)O)CCCCN(C(=O)CCN=C([O-])CCC(=O)O)c2ccc(cc2)Cc2ccc1cc2.[Na+].[Na+].[Na+].[Na+]. The summed E-state index contributed by atoms with van der Waals surface area (Å²) in [6, 6.07) is 29.2. The van der Waals surface area contributed by atoms with Crippen LogP contribution >= 0.6 is 0 Å². The van der Waals surface area contributed by atoms with Gasteiger partial charge in [-0.05, 0) is 159 Å². The molecular weight excluding hydrogens is 1200 g/mol. The Balaban J connectivity index is 0.0000101. The van der Waals surface area contributed by atoms with Crippen molar-refractivity contribution < 1.29 is 197 Å². The fourth-order valence-electron chi connectivity index (χ4n) is 9.13. The number of anilines is 4. The van der Waals surface area contributed by atoms with Gasteiger partial charge in [0, 0.05) is 126 Å². The smallest absolute Gasteiger partial charge is 0.862 e. The van der Waals surface area contributed by atoms with E-state index in [1.807, 2.05) is 48.5 Å². The van der Waals surface area contributed by atoms with Crippen LogP contribution in [0.2, 0.25) is 0 Å². The summed E-state index contributed by atoms with van der Waals surface area (Å²) in [6.45, 7) is 0.141. The van der Waals surface area contributed by atoms with Gasteiger partial charge in [-0.25, -0.2) is 0 Å². The summed E-state index contributed by atoms with van der Waals surface area (Å²) >= 11 is 0. The molecule has 24 nitrogen and oxygen atoms in total. The number of carbonyl (C=O) groups is 8. The average molecular weight is 1280 g/mol. The van der Waals surface area contributed by atoms with E-state index >= 15 is 0 Å². The van der Waals surface area contributed by atoms with Crippen molar-refractivity contribution in [2.45, 2.75) is 116 Å². The number of carbonyl (C=O) groups excluding carboxylic acids is 4. The monoisotopic (exact) mass is 1280 g/mol. The Morgan fingerprint density at radius 3 is 0.644 bits per heavy atom. The van der Waals surface area contributed by atoms with Crippen LogP contribution in [-0.2, 0) is 51.2 Å². The number of carboxylic acid groups (broad SMARTS) is 4. The predicted octanol–water partition coefficient (Wildman–Crippen LogP) is -8.45. The number of aliphatic carboxylic acids is 4. The number of amides is 4. The number of rotatable bonds is 24. The molecule has 7 aliphatic heterocycles. The molecule has 0 aliphatic carbocycles. The molecule has 0 radical (unpaired) electrons. The predicted molar refractivity (Wildman–Crippen MR) is 314 cm³/mol. The number of aliphatic imine (C=N–C) groups is 4. The topological polar surface area (TPSA) is 372 Å². The first kappa shape index (κ1) is 82.5. The minimum absolute atomic E-state index is 0. The summed E-state index contributed by atoms with van der Waals surface area (Å²) in [5.41, 5.74) is 5.68. The normalized spacial score (nSPS) is 13.7. The summed E-state index contributed by atoms with van der Waals surface area (Å²) in [6.07, 6.45) is -0.905. The van der Waals surface area contributed by atoms with Gasteiger partial charge in [0.25, 0.3) is 0 Å². The van der Waals surface area contributed by atoms with E-state index in [2.05, 4.69) is 20.0 Å². The number of hydrogen-bond acceptors (Lipinski definition) is 16. The van der Waals surface area contributed by atoms with E-state index in [1.54, 1.807) is 68.1 Å². The third kappa shape index (κ3) is 31.2. The maximum Gasteiger partial charge on any atom is 1.00 e. The second kappa shape index (κ2) is 44.9. The molecule has 8 bridgehead atoms. The molecule has 28 heteroatoms. The summed E-state index contributed by atoms with van der Waals surface area (Å²) in [7, 11) is 0. The fraction of sp³-hybridized carbons (Fsp3) is 0.419. The maximum absolute atomic E-state index is 13.9. The Morgan fingerprint density at radius 2 is 0.478 bits per heavy atom. The van der Waals surface area contributed by atoms with Crippen molar-refractivity contribution in [3.63, 3.8) is 0 Å². The van der Waals surface area contributed by atoms with Gasteiger partial charge < -0.3 is 80.4 Å². The Kier molecular flexibility index (Phi) is 41.2. The maximum atomic E-state index is 13.9. The van der Waals surface area contributed by atoms with Crippen LogP contribution in [0.3, 0.4) is 0 Å². The van der Waals surface area contributed by atoms with Gasteiger partial charge >= 0.3 is 142 Å². The Hall–Kier alpha value is -5.48. The molecule has 4 aromatic rings. The first-order valence-corrected chi connectivity index (χ1v) is 28.5. The molecule has 4 N–H and O–H groups in total. The number of carboxylic acids is 4. The van der Waals surface area contributed by atoms with Gasteiger partial charge in [-0.3, -0.25) is 38.4 Å². The molecule has 90 heavy (non-hydrogen) atoms. The zero-order chi connectivity index (χ0) is 62.4. The van der Waals surface area contributed by atoms with E-state index in [-0.39, 0.29) is 246 Å². The van der Waals surface area contributed by atoms with Crippen molar-refractivity contribution in [2.75, 3.05) is 72.0 Å². The van der Waals surface area contributed by atoms with Crippen LogP contribution in [0.4, 0.5) is 22.7 Å². The molecule has 0 spiro atoms. The van der Waals surface area contributed by atoms with Crippen LogP contribution < -0.4 is 158 Å². The van der Waals surface area contributed by atoms with Gasteiger partial charge in [0.2, 0.25) is 23.6 Å². The van der Waals surface area contributed by atoms with E-state index in [9.17, 15) is 58.8 Å². The molecule has 7 aliphatic rings. The summed E-state index contributed by atoms with van der Waals surface area (Å²) in [4.78, 5) is 122. The molecule has 0 saturated heterocycles. The van der Waals surface area contributed by atoms with Crippen molar-refractivity contribution in [1.29, 1.82) is 0 Å². The van der Waals surface area contributed by atoms with Crippen LogP contribution in [0.15, 0.2) is 117 Å². The molecule has 11 rings (SSSR count). The van der Waals surface area contributed by atoms with E-state index in [0.717, 1.165) is 22.3 Å². The summed E-state index contributed by atoms with van der Waals surface area (Å²) in [5.74, 6) is -8.53. The van der Waals surface area contributed by atoms with Gasteiger partial charge in [0.05, 0.1) is 0 Å². The summed E-state index contributed by atoms with van der Waals surface area (Å²) in [5, 5.41) is 85.1. The van der Waals surface area contributed by atoms with Crippen molar-refractivity contribution in [1.82, 2.24) is 0 Å². The Bertz CT molecular complexity index is 2670. The van der Waals surface area contributed by atoms with Crippen molar-refractivity contribution >= 4 is 93.8 Å². The molecule has 4 aromatic carbocycles. The molecule has 0 fully saturated rings. The van der Waals surface area contributed by atoms with E-state index in [0.29, 0.717) is 61.3 Å². The number of hydrogen-bond donors (Lipinski definition) is 4. The molecular formula is C62H72N8Na4O16. The zero-order valence-electron chi connectivity index (χ0n) is 51.9. The fourth-order valence-corrected chi connectivity index (χ4v) is 9.13. The van der Waals surface area contributed by atoms with Gasteiger partial charge in [-0.1, -0.05) is 48.5 Å². The van der Waals surface area contributed by atoms with Crippen LogP contribution in [0.5, 0.6) is 0 Å². The Labute approximate surface area is 611 Å². The molecule has 460 valence electrons. The van der Waals surface area contributed by atoms with Crippen molar-refractivity contribution in [3.05, 3.63) is 119 Å². The zero-order valence-corrected chi connectivity index (χ0v) is 59.9. The molecule has 0 unspecified atom stereocenters. The molecule has 7 heterocycles. The van der Waals surface area contributed by atoms with Gasteiger partial charge in [0.1, 0.15) is 0 Å². The Morgan fingerprint density at radius 1 is 0.300 bits per heavy atom. The van der Waals surface area contributed by atoms with E-state index in [4.69, 9.17) is 20.4 Å². The van der Waals surface area contributed by atoms with Crippen LogP contribution in [0.1, 0.15) is 125 Å². The standard InChI is InChI=1S/C62H76N8O16.4Na/c71-51(21-25-59(79)80)63-33-29-55(75)67-37-1-2-38-68(56(76)30-34-64-52(72)22-26-60(81)82)48-15-7-44(8-16-48)42-46-11-19-50(20-12-46)70(58(78)32-36-66-54(74)24-28-62(85)86)40-4-3-39-69(57(77)31-35-65-53(73)23-27-61(83)84)49-17-9-45(10-18-49)41-43-5-13-47(67)14-6-43;;;;/h5-20H,1-4,21-42H2,(H,63,71)(H,64,72)(H,65,73)(H,66,74)(H,79,80)(H,81,82)(H,83,84)(H,85,86);;;;/q;4*+1/p-4. The second-order valence-corrected chi connectivity index (χ2v) is 20.3. The van der Waals surface area contributed by atoms with Crippen molar-refractivity contribution in [3.8, 4) is 0 Å². The minimum Gasteiger partial charge on any atom is -0.862 e. The average Bonchev–Trinajstić information content (AvgIpc) is 2.95. The van der Waals surface area contributed by atoms with E-state index < -0.39 is 73.2 Å². The van der Waals surface area contributed by atoms with Crippen molar-refractivity contribution in [2.24, 2.45) is 20.0 Å². The third-order valence-electron chi connectivity index (χ3n) is 13.7. The summed E-state index contributed by atoms with van der Waals surface area (Å²) < 4.78 is 0.